The molecule has 5 aromatic carbocycles. The van der Waals surface area contributed by atoms with Crippen molar-refractivity contribution in [2.45, 2.75) is 51.4 Å². The first-order chi connectivity index (χ1) is 24.0. The van der Waals surface area contributed by atoms with E-state index in [0.29, 0.717) is 11.8 Å². The molecule has 236 valence electrons. The van der Waals surface area contributed by atoms with Gasteiger partial charge < -0.3 is 4.57 Å². The summed E-state index contributed by atoms with van der Waals surface area (Å²) in [5, 5.41) is 2.68. The first-order valence-corrected chi connectivity index (χ1v) is 18.2. The monoisotopic (exact) mass is 629 g/mol. The molecule has 49 heavy (non-hydrogen) atoms. The van der Waals surface area contributed by atoms with E-state index in [9.17, 15) is 0 Å². The van der Waals surface area contributed by atoms with Gasteiger partial charge in [0.25, 0.3) is 0 Å². The smallest absolute Gasteiger partial charge is 0.0619 e. The fraction of sp³-hybridized carbons (Fsp3) is 0.208. The molecule has 1 heterocycles. The average Bonchev–Trinajstić information content (AvgIpc) is 3.69. The van der Waals surface area contributed by atoms with E-state index >= 15 is 0 Å². The molecule has 5 aliphatic carbocycles. The van der Waals surface area contributed by atoms with Crippen LogP contribution in [0.15, 0.2) is 127 Å². The Morgan fingerprint density at radius 2 is 1.39 bits per heavy atom. The van der Waals surface area contributed by atoms with Crippen molar-refractivity contribution in [3.63, 3.8) is 0 Å². The van der Waals surface area contributed by atoms with Gasteiger partial charge in [-0.05, 0) is 105 Å². The molecule has 5 aliphatic rings. The molecule has 0 saturated heterocycles. The van der Waals surface area contributed by atoms with E-state index in [1.807, 2.05) is 0 Å². The van der Waals surface area contributed by atoms with Crippen molar-refractivity contribution >= 4 is 38.6 Å². The standard InChI is InChI=1S/C48H39N/c1-28-12-4-5-15-30(28)39-26-40-42(27-38(39)29-13-10-14-29)48(2,3)41-24-22-36-33-18-8-9-21-43(33)49(47(36)46(40)41)44-25-23-35-32-17-7-6-16-31(32)34-19-11-20-37(44)45(34)35/h4-9,11-12,15-27,29,37,45H,10,13-14H2,1-3H3. The number of benzene rings is 5. The van der Waals surface area contributed by atoms with Crippen LogP contribution in [0.25, 0.3) is 60.9 Å². The first-order valence-electron chi connectivity index (χ1n) is 18.2. The zero-order valence-electron chi connectivity index (χ0n) is 28.4. The van der Waals surface area contributed by atoms with Gasteiger partial charge in [-0.25, -0.2) is 0 Å². The van der Waals surface area contributed by atoms with Gasteiger partial charge in [-0.2, -0.15) is 0 Å². The lowest BCUT2D eigenvalue weighted by Gasteiger charge is -2.32. The predicted octanol–water partition coefficient (Wildman–Crippen LogP) is 12.5. The zero-order chi connectivity index (χ0) is 32.6. The van der Waals surface area contributed by atoms with Crippen molar-refractivity contribution < 1.29 is 0 Å². The van der Waals surface area contributed by atoms with Crippen LogP contribution in [0.3, 0.4) is 0 Å². The molecule has 1 fully saturated rings. The van der Waals surface area contributed by atoms with Crippen molar-refractivity contribution in [3.05, 3.63) is 161 Å². The Hall–Kier alpha value is -5.14. The van der Waals surface area contributed by atoms with Crippen LogP contribution in [0, 0.1) is 18.8 Å². The summed E-state index contributed by atoms with van der Waals surface area (Å²) < 4.78 is 2.66. The number of rotatable bonds is 3. The summed E-state index contributed by atoms with van der Waals surface area (Å²) in [6.07, 6.45) is 15.9. The third-order valence-corrected chi connectivity index (χ3v) is 12.8. The highest BCUT2D eigenvalue weighted by molar-refractivity contribution is 6.17. The number of nitrogens with zero attached hydrogens (tertiary/aromatic N) is 1. The number of aryl methyl sites for hydroxylation is 1. The molecule has 11 rings (SSSR count). The third-order valence-electron chi connectivity index (χ3n) is 12.8. The summed E-state index contributed by atoms with van der Waals surface area (Å²) in [4.78, 5) is 0. The Bertz CT molecular complexity index is 2570. The van der Waals surface area contributed by atoms with Crippen LogP contribution in [0.5, 0.6) is 0 Å². The molecule has 1 aromatic heterocycles. The molecule has 2 unspecified atom stereocenters. The van der Waals surface area contributed by atoms with E-state index in [1.54, 1.807) is 5.56 Å². The number of aromatic nitrogens is 1. The maximum absolute atomic E-state index is 2.66. The molecular formula is C48H39N. The summed E-state index contributed by atoms with van der Waals surface area (Å²) in [7, 11) is 0. The molecule has 0 amide bonds. The number of fused-ring (bicyclic) bond motifs is 10. The third kappa shape index (κ3) is 3.56. The fourth-order valence-electron chi connectivity index (χ4n) is 10.2. The van der Waals surface area contributed by atoms with Gasteiger partial charge in [0.15, 0.2) is 0 Å². The molecule has 0 bridgehead atoms. The minimum absolute atomic E-state index is 0.0926. The van der Waals surface area contributed by atoms with E-state index in [-0.39, 0.29) is 11.3 Å². The molecule has 0 spiro atoms. The van der Waals surface area contributed by atoms with Gasteiger partial charge in [0, 0.05) is 39.3 Å². The second-order valence-corrected chi connectivity index (χ2v) is 15.6. The van der Waals surface area contributed by atoms with Crippen molar-refractivity contribution in [3.8, 4) is 22.3 Å². The Morgan fingerprint density at radius 1 is 0.653 bits per heavy atom. The van der Waals surface area contributed by atoms with Crippen LogP contribution in [0.4, 0.5) is 0 Å². The first kappa shape index (κ1) is 27.8. The second-order valence-electron chi connectivity index (χ2n) is 15.6. The van der Waals surface area contributed by atoms with E-state index in [2.05, 4.69) is 153 Å². The number of hydrogen-bond donors (Lipinski definition) is 0. The molecular weight excluding hydrogens is 591 g/mol. The van der Waals surface area contributed by atoms with Gasteiger partial charge in [-0.1, -0.05) is 130 Å². The Balaban J connectivity index is 1.22. The lowest BCUT2D eigenvalue weighted by molar-refractivity contribution is 0.420. The van der Waals surface area contributed by atoms with E-state index in [1.165, 1.54) is 108 Å². The van der Waals surface area contributed by atoms with Gasteiger partial charge in [0.05, 0.1) is 11.0 Å². The van der Waals surface area contributed by atoms with Crippen LogP contribution < -0.4 is 0 Å². The highest BCUT2D eigenvalue weighted by atomic mass is 15.0. The lowest BCUT2D eigenvalue weighted by atomic mass is 9.73. The van der Waals surface area contributed by atoms with E-state index in [4.69, 9.17) is 0 Å². The quantitative estimate of drug-likeness (QED) is 0.184. The van der Waals surface area contributed by atoms with Crippen LogP contribution >= 0.6 is 0 Å². The van der Waals surface area contributed by atoms with Crippen molar-refractivity contribution in [1.82, 2.24) is 4.57 Å². The SMILES string of the molecule is Cc1ccccc1-c1cc2c(cc1C1CCC1)C(C)(C)c1ccc3c4ccccc4n(C4=CC=C5c6ccccc6C6=CC=CC4C65)c3c1-2. The number of para-hydroxylation sites is 1. The molecule has 1 nitrogen and oxygen atoms in total. The Labute approximate surface area is 288 Å². The predicted molar refractivity (Wildman–Crippen MR) is 207 cm³/mol. The average molecular weight is 630 g/mol. The summed E-state index contributed by atoms with van der Waals surface area (Å²) in [5.41, 5.74) is 21.1. The summed E-state index contributed by atoms with van der Waals surface area (Å²) in [6, 6.07) is 37.2. The minimum Gasteiger partial charge on any atom is -0.312 e. The Kier molecular flexibility index (Phi) is 5.51. The molecule has 1 heteroatoms. The summed E-state index contributed by atoms with van der Waals surface area (Å²) in [6.45, 7) is 7.19. The highest BCUT2D eigenvalue weighted by Gasteiger charge is 2.43. The van der Waals surface area contributed by atoms with Gasteiger partial charge in [-0.15, -0.1) is 0 Å². The largest absolute Gasteiger partial charge is 0.312 e. The lowest BCUT2D eigenvalue weighted by Crippen LogP contribution is -2.21. The Morgan fingerprint density at radius 3 is 2.16 bits per heavy atom. The van der Waals surface area contributed by atoms with Crippen LogP contribution in [-0.4, -0.2) is 4.57 Å². The van der Waals surface area contributed by atoms with Crippen LogP contribution in [0.2, 0.25) is 0 Å². The van der Waals surface area contributed by atoms with E-state index in [0.717, 1.165) is 0 Å². The number of hydrogen-bond acceptors (Lipinski definition) is 0. The number of allylic oxidation sites excluding steroid dienone is 8. The van der Waals surface area contributed by atoms with Crippen molar-refractivity contribution in [2.24, 2.45) is 11.8 Å². The van der Waals surface area contributed by atoms with Crippen molar-refractivity contribution in [1.29, 1.82) is 0 Å². The van der Waals surface area contributed by atoms with Crippen molar-refractivity contribution in [2.75, 3.05) is 0 Å². The molecule has 0 aliphatic heterocycles. The van der Waals surface area contributed by atoms with Gasteiger partial charge in [-0.3, -0.25) is 0 Å². The van der Waals surface area contributed by atoms with Gasteiger partial charge in [0.2, 0.25) is 0 Å². The maximum Gasteiger partial charge on any atom is 0.0619 e. The summed E-state index contributed by atoms with van der Waals surface area (Å²) >= 11 is 0. The van der Waals surface area contributed by atoms with Crippen LogP contribution in [0.1, 0.15) is 72.4 Å². The normalized spacial score (nSPS) is 21.1. The second kappa shape index (κ2) is 9.73. The zero-order valence-corrected chi connectivity index (χ0v) is 28.4. The highest BCUT2D eigenvalue weighted by Crippen LogP contribution is 2.59. The molecule has 1 saturated carbocycles. The molecule has 2 atom stereocenters. The topological polar surface area (TPSA) is 4.93 Å². The minimum atomic E-state index is -0.0926. The van der Waals surface area contributed by atoms with E-state index < -0.39 is 0 Å². The molecule has 6 aromatic rings. The van der Waals surface area contributed by atoms with Gasteiger partial charge >= 0.3 is 0 Å². The fourth-order valence-corrected chi connectivity index (χ4v) is 10.2. The molecule has 0 N–H and O–H groups in total. The van der Waals surface area contributed by atoms with Gasteiger partial charge in [0.1, 0.15) is 0 Å². The van der Waals surface area contributed by atoms with Crippen LogP contribution in [-0.2, 0) is 5.41 Å². The maximum atomic E-state index is 2.66. The summed E-state index contributed by atoms with van der Waals surface area (Å²) in [5.74, 6) is 1.26. The molecule has 0 radical (unpaired) electrons.